The van der Waals surface area contributed by atoms with Crippen LogP contribution in [0.15, 0.2) is 18.3 Å². The molecule has 0 saturated carbocycles. The molecule has 2 N–H and O–H groups in total. The number of rotatable bonds is 4. The van der Waals surface area contributed by atoms with Crippen molar-refractivity contribution in [2.75, 3.05) is 22.9 Å². The van der Waals surface area contributed by atoms with Crippen molar-refractivity contribution in [1.29, 1.82) is 0 Å². The number of fused-ring (bicyclic) bond motifs is 1. The summed E-state index contributed by atoms with van der Waals surface area (Å²) in [5.74, 6) is -1.78. The number of aromatic amines is 1. The lowest BCUT2D eigenvalue weighted by molar-refractivity contribution is -0.119. The molecule has 0 bridgehead atoms. The fourth-order valence-electron chi connectivity index (χ4n) is 3.33. The van der Waals surface area contributed by atoms with Crippen LogP contribution in [-0.2, 0) is 22.6 Å². The first-order valence-corrected chi connectivity index (χ1v) is 8.40. The highest BCUT2D eigenvalue weighted by Crippen LogP contribution is 2.34. The fraction of sp³-hybridized carbons (Fsp3) is 0.353. The fourth-order valence-corrected chi connectivity index (χ4v) is 3.33. The molecular weight excluding hydrogens is 360 g/mol. The number of aromatic nitrogens is 2. The number of hydrogen-bond acceptors (Lipinski definition) is 5. The van der Waals surface area contributed by atoms with Crippen molar-refractivity contribution < 1.29 is 23.1 Å². The Hall–Kier alpha value is -3.17. The second-order valence-electron chi connectivity index (χ2n) is 6.54. The van der Waals surface area contributed by atoms with E-state index in [1.807, 2.05) is 0 Å². The summed E-state index contributed by atoms with van der Waals surface area (Å²) in [4.78, 5) is 25.7. The Morgan fingerprint density at radius 2 is 2.11 bits per heavy atom. The first-order chi connectivity index (χ1) is 12.9. The quantitative estimate of drug-likeness (QED) is 0.846. The molecule has 0 unspecified atom stereocenters. The summed E-state index contributed by atoms with van der Waals surface area (Å²) in [6.07, 6.45) is 0.344. The zero-order valence-electron chi connectivity index (χ0n) is 14.5. The summed E-state index contributed by atoms with van der Waals surface area (Å²) in [6.45, 7) is 2.26. The van der Waals surface area contributed by atoms with E-state index in [0.29, 0.717) is 13.1 Å². The number of cyclic esters (lactones) is 1. The maximum absolute atomic E-state index is 14.7. The van der Waals surface area contributed by atoms with E-state index < -0.39 is 23.8 Å². The first-order valence-electron chi connectivity index (χ1n) is 8.40. The zero-order chi connectivity index (χ0) is 19.1. The van der Waals surface area contributed by atoms with E-state index in [4.69, 9.17) is 4.74 Å². The monoisotopic (exact) mass is 377 g/mol. The van der Waals surface area contributed by atoms with Crippen LogP contribution in [0, 0.1) is 11.6 Å². The van der Waals surface area contributed by atoms with Crippen molar-refractivity contribution in [2.24, 2.45) is 0 Å². The van der Waals surface area contributed by atoms with Gasteiger partial charge in [-0.15, -0.1) is 0 Å². The predicted molar refractivity (Wildman–Crippen MR) is 91.1 cm³/mol. The molecule has 27 heavy (non-hydrogen) atoms. The van der Waals surface area contributed by atoms with Crippen molar-refractivity contribution in [2.45, 2.75) is 26.1 Å². The Balaban J connectivity index is 1.53. The summed E-state index contributed by atoms with van der Waals surface area (Å²) in [6, 6.07) is 2.23. The van der Waals surface area contributed by atoms with Gasteiger partial charge >= 0.3 is 6.09 Å². The lowest BCUT2D eigenvalue weighted by atomic mass is 10.2. The van der Waals surface area contributed by atoms with Crippen LogP contribution in [0.25, 0.3) is 0 Å². The molecule has 1 aromatic carbocycles. The number of carbonyl (C=O) groups is 2. The Bertz CT molecular complexity index is 872. The average Bonchev–Trinajstić information content (AvgIpc) is 3.26. The maximum Gasteiger partial charge on any atom is 0.414 e. The lowest BCUT2D eigenvalue weighted by Crippen LogP contribution is -2.33. The highest BCUT2D eigenvalue weighted by Gasteiger charge is 2.34. The molecule has 1 fully saturated rings. The van der Waals surface area contributed by atoms with Gasteiger partial charge in [-0.2, -0.15) is 5.10 Å². The molecule has 0 spiro atoms. The van der Waals surface area contributed by atoms with Gasteiger partial charge in [0.1, 0.15) is 11.8 Å². The summed E-state index contributed by atoms with van der Waals surface area (Å²) >= 11 is 0. The standard InChI is InChI=1S/C17H17F2N5O3/c1-9(25)20-5-12-7-24(17(26)27-12)11-2-13(18)16(14(19)3-11)23-6-10-4-21-22-15(10)8-23/h2-4,12H,5-8H2,1H3,(H,20,25)(H,21,22)/t12-/m0/s1. The van der Waals surface area contributed by atoms with Gasteiger partial charge in [-0.05, 0) is 0 Å². The molecule has 8 nitrogen and oxygen atoms in total. The van der Waals surface area contributed by atoms with Crippen LogP contribution in [0.2, 0.25) is 0 Å². The molecule has 1 saturated heterocycles. The van der Waals surface area contributed by atoms with Gasteiger partial charge in [-0.3, -0.25) is 14.8 Å². The third-order valence-corrected chi connectivity index (χ3v) is 4.60. The first kappa shape index (κ1) is 17.3. The van der Waals surface area contributed by atoms with Gasteiger partial charge < -0.3 is 15.0 Å². The third-order valence-electron chi connectivity index (χ3n) is 4.60. The average molecular weight is 377 g/mol. The van der Waals surface area contributed by atoms with Crippen LogP contribution < -0.4 is 15.1 Å². The van der Waals surface area contributed by atoms with Gasteiger partial charge in [0.05, 0.1) is 37.2 Å². The van der Waals surface area contributed by atoms with E-state index in [0.717, 1.165) is 28.3 Å². The van der Waals surface area contributed by atoms with Crippen LogP contribution in [0.5, 0.6) is 0 Å². The highest BCUT2D eigenvalue weighted by atomic mass is 19.1. The van der Waals surface area contributed by atoms with E-state index in [9.17, 15) is 18.4 Å². The molecule has 2 aromatic rings. The SMILES string of the molecule is CC(=O)NC[C@H]1CN(c2cc(F)c(N3Cc4cn[nH]c4C3)c(F)c2)C(=O)O1. The molecule has 0 radical (unpaired) electrons. The van der Waals surface area contributed by atoms with Crippen molar-refractivity contribution >= 4 is 23.4 Å². The molecule has 142 valence electrons. The molecule has 4 rings (SSSR count). The van der Waals surface area contributed by atoms with Crippen molar-refractivity contribution in [3.05, 3.63) is 41.2 Å². The van der Waals surface area contributed by atoms with Crippen LogP contribution >= 0.6 is 0 Å². The van der Waals surface area contributed by atoms with Gasteiger partial charge in [-0.1, -0.05) is 0 Å². The summed E-state index contributed by atoms with van der Waals surface area (Å²) in [7, 11) is 0. The van der Waals surface area contributed by atoms with Crippen molar-refractivity contribution in [1.82, 2.24) is 15.5 Å². The molecule has 0 aliphatic carbocycles. The van der Waals surface area contributed by atoms with Crippen molar-refractivity contribution in [3.8, 4) is 0 Å². The second kappa shape index (κ2) is 6.53. The maximum atomic E-state index is 14.7. The summed E-state index contributed by atoms with van der Waals surface area (Å²) in [5.41, 5.74) is 1.64. The number of ether oxygens (including phenoxy) is 1. The smallest absolute Gasteiger partial charge is 0.414 e. The number of nitrogens with zero attached hydrogens (tertiary/aromatic N) is 3. The van der Waals surface area contributed by atoms with Gasteiger partial charge in [0.25, 0.3) is 0 Å². The van der Waals surface area contributed by atoms with Crippen LogP contribution in [0.3, 0.4) is 0 Å². The Morgan fingerprint density at radius 1 is 1.37 bits per heavy atom. The van der Waals surface area contributed by atoms with Crippen LogP contribution in [0.4, 0.5) is 25.0 Å². The number of H-pyrrole nitrogens is 1. The minimum absolute atomic E-state index is 0.0726. The number of halogens is 2. The van der Waals surface area contributed by atoms with E-state index in [1.165, 1.54) is 6.92 Å². The van der Waals surface area contributed by atoms with Gasteiger partial charge in [0.2, 0.25) is 5.91 Å². The van der Waals surface area contributed by atoms with E-state index in [2.05, 4.69) is 15.5 Å². The molecule has 2 aliphatic heterocycles. The van der Waals surface area contributed by atoms with E-state index in [-0.39, 0.29) is 30.4 Å². The Labute approximate surface area is 153 Å². The van der Waals surface area contributed by atoms with Crippen molar-refractivity contribution in [3.63, 3.8) is 0 Å². The van der Waals surface area contributed by atoms with Gasteiger partial charge in [0.15, 0.2) is 11.6 Å². The molecule has 1 atom stereocenters. The third kappa shape index (κ3) is 3.18. The molecule has 2 amide bonds. The van der Waals surface area contributed by atoms with E-state index >= 15 is 0 Å². The van der Waals surface area contributed by atoms with Gasteiger partial charge in [0, 0.05) is 31.2 Å². The minimum atomic E-state index is -0.763. The molecule has 1 aromatic heterocycles. The number of carbonyl (C=O) groups excluding carboxylic acids is 2. The lowest BCUT2D eigenvalue weighted by Gasteiger charge is -2.21. The number of nitrogens with one attached hydrogen (secondary N) is 2. The normalized spacial score (nSPS) is 18.6. The van der Waals surface area contributed by atoms with Gasteiger partial charge in [-0.25, -0.2) is 13.6 Å². The minimum Gasteiger partial charge on any atom is -0.442 e. The largest absolute Gasteiger partial charge is 0.442 e. The zero-order valence-corrected chi connectivity index (χ0v) is 14.5. The second-order valence-corrected chi connectivity index (χ2v) is 6.54. The topological polar surface area (TPSA) is 90.6 Å². The predicted octanol–water partition coefficient (Wildman–Crippen LogP) is 1.67. The number of benzene rings is 1. The van der Waals surface area contributed by atoms with E-state index in [1.54, 1.807) is 11.1 Å². The highest BCUT2D eigenvalue weighted by molar-refractivity contribution is 5.90. The molecule has 10 heteroatoms. The summed E-state index contributed by atoms with van der Waals surface area (Å²) in [5, 5.41) is 9.26. The molecule has 3 heterocycles. The Kier molecular flexibility index (Phi) is 4.17. The molecular formula is C17H17F2N5O3. The number of amides is 2. The Morgan fingerprint density at radius 3 is 2.78 bits per heavy atom. The molecule has 2 aliphatic rings. The van der Waals surface area contributed by atoms with Crippen LogP contribution in [-0.4, -0.2) is 41.4 Å². The number of anilines is 2. The summed E-state index contributed by atoms with van der Waals surface area (Å²) < 4.78 is 34.5. The number of hydrogen-bond donors (Lipinski definition) is 2. The van der Waals surface area contributed by atoms with Crippen LogP contribution in [0.1, 0.15) is 18.2 Å².